The quantitative estimate of drug-likeness (QED) is 0.135. The molecule has 0 bridgehead atoms. The van der Waals surface area contributed by atoms with E-state index >= 15 is 0 Å². The monoisotopic (exact) mass is 1130 g/mol. The summed E-state index contributed by atoms with van der Waals surface area (Å²) in [6.07, 6.45) is 1.94. The molecule has 7 aromatic carbocycles. The number of rotatable bonds is 9. The number of hydrogen-bond acceptors (Lipinski definition) is 4. The number of ether oxygens (including phenoxy) is 1. The van der Waals surface area contributed by atoms with E-state index < -0.39 is 0 Å². The van der Waals surface area contributed by atoms with Gasteiger partial charge in [0.15, 0.2) is 0 Å². The van der Waals surface area contributed by atoms with Crippen LogP contribution >= 0.6 is 0 Å². The number of nitrogens with zero attached hydrogens (tertiary/aromatic N) is 4. The first kappa shape index (κ1) is 50.5. The second kappa shape index (κ2) is 18.6. The minimum atomic E-state index is -0.376. The third-order valence-corrected chi connectivity index (χ3v) is 14.8. The molecular formula is C66H67N4OPt-3. The molecular weight excluding hydrogens is 1060 g/mol. The van der Waals surface area contributed by atoms with Crippen molar-refractivity contribution < 1.29 is 25.8 Å². The third kappa shape index (κ3) is 9.42. The fraction of sp³-hybridized carbons (Fsp3) is 0.273. The molecule has 0 amide bonds. The second-order valence-corrected chi connectivity index (χ2v) is 23.6. The van der Waals surface area contributed by atoms with Crippen molar-refractivity contribution in [2.75, 3.05) is 9.80 Å². The molecule has 1 aliphatic heterocycles. The van der Waals surface area contributed by atoms with E-state index in [4.69, 9.17) is 9.72 Å². The molecule has 0 aliphatic carbocycles. The number of fused-ring (bicyclic) bond motifs is 4. The van der Waals surface area contributed by atoms with Crippen molar-refractivity contribution in [3.63, 3.8) is 0 Å². The summed E-state index contributed by atoms with van der Waals surface area (Å²) < 4.78 is 9.32. The number of aromatic nitrogens is 2. The summed E-state index contributed by atoms with van der Waals surface area (Å²) >= 11 is 0. The SMILES string of the molecule is CC(C)(C)c1ccc(N2[CH-]N(c3[c-]c(Oc4[c-]c5c(cc4)c4cc(C(C)(C)C)ccc4n5-c4cc(C(C)(C)c5ccccc5)ccn4)cc(C(C)(C)c4ccccc4)c3)c3ccc(C(C)(C)C)cc32)cc1.[Pt]. The zero-order valence-electron chi connectivity index (χ0n) is 44.2. The Morgan fingerprint density at radius 3 is 1.65 bits per heavy atom. The van der Waals surface area contributed by atoms with Gasteiger partial charge in [-0.3, -0.25) is 0 Å². The van der Waals surface area contributed by atoms with Crippen LogP contribution in [0, 0.1) is 18.8 Å². The molecule has 0 radical (unpaired) electrons. The molecule has 5 nitrogen and oxygen atoms in total. The maximum Gasteiger partial charge on any atom is 0.135 e. The number of benzene rings is 7. The van der Waals surface area contributed by atoms with Crippen LogP contribution in [0.25, 0.3) is 27.6 Å². The molecule has 0 N–H and O–H groups in total. The Morgan fingerprint density at radius 1 is 0.444 bits per heavy atom. The molecule has 2 aromatic heterocycles. The van der Waals surface area contributed by atoms with Gasteiger partial charge in [0.2, 0.25) is 0 Å². The smallest absolute Gasteiger partial charge is 0.135 e. The summed E-state index contributed by atoms with van der Waals surface area (Å²) in [6.45, 7) is 31.8. The van der Waals surface area contributed by atoms with Crippen molar-refractivity contribution >= 4 is 44.6 Å². The zero-order chi connectivity index (χ0) is 50.3. The topological polar surface area (TPSA) is 33.5 Å². The van der Waals surface area contributed by atoms with Gasteiger partial charge < -0.3 is 19.1 Å². The van der Waals surface area contributed by atoms with Crippen LogP contribution in [0.5, 0.6) is 11.5 Å². The van der Waals surface area contributed by atoms with E-state index in [1.54, 1.807) is 0 Å². The summed E-state index contributed by atoms with van der Waals surface area (Å²) in [5.41, 5.74) is 14.1. The first-order valence-electron chi connectivity index (χ1n) is 25.1. The summed E-state index contributed by atoms with van der Waals surface area (Å²) in [6, 6.07) is 64.7. The maximum absolute atomic E-state index is 7.07. The molecule has 0 saturated carbocycles. The molecule has 3 heterocycles. The fourth-order valence-corrected chi connectivity index (χ4v) is 10.00. The fourth-order valence-electron chi connectivity index (χ4n) is 10.00. The summed E-state index contributed by atoms with van der Waals surface area (Å²) in [5.74, 6) is 2.03. The predicted octanol–water partition coefficient (Wildman–Crippen LogP) is 17.5. The van der Waals surface area contributed by atoms with Crippen LogP contribution in [-0.4, -0.2) is 9.55 Å². The van der Waals surface area contributed by atoms with Gasteiger partial charge >= 0.3 is 0 Å². The first-order valence-corrected chi connectivity index (χ1v) is 25.1. The van der Waals surface area contributed by atoms with Crippen LogP contribution in [0.1, 0.15) is 129 Å². The number of pyridine rings is 1. The van der Waals surface area contributed by atoms with Gasteiger partial charge in [0.25, 0.3) is 0 Å². The zero-order valence-corrected chi connectivity index (χ0v) is 46.5. The van der Waals surface area contributed by atoms with Gasteiger partial charge in [-0.15, -0.1) is 53.6 Å². The van der Waals surface area contributed by atoms with Crippen LogP contribution in [0.4, 0.5) is 22.7 Å². The number of anilines is 4. The van der Waals surface area contributed by atoms with Crippen molar-refractivity contribution in [1.82, 2.24) is 9.55 Å². The molecule has 0 atom stereocenters. The van der Waals surface area contributed by atoms with Crippen molar-refractivity contribution in [3.8, 4) is 17.3 Å². The summed E-state index contributed by atoms with van der Waals surface area (Å²) in [7, 11) is 0. The van der Waals surface area contributed by atoms with Gasteiger partial charge in [0, 0.05) is 66.8 Å². The van der Waals surface area contributed by atoms with E-state index in [1.807, 2.05) is 6.20 Å². The van der Waals surface area contributed by atoms with E-state index in [9.17, 15) is 0 Å². The molecule has 10 rings (SSSR count). The summed E-state index contributed by atoms with van der Waals surface area (Å²) in [4.78, 5) is 9.64. The standard InChI is InChI=1S/C66H67N4O.Pt/c1-62(2,3)44-24-28-51(29-25-44)68-43-69(58-33-27-48(39-60(58)68)64(7,8)9)52-36-50(66(12,13)46-22-18-15-19-23-46)37-54(41-52)71-53-30-31-55-56-38-47(63(4,5)6)26-32-57(56)70(59(55)42-53)61-40-49(34-35-67-61)65(10,11)45-20-16-14-17-21-45;/h14-40,43H,1-13H3;/q-3;. The van der Waals surface area contributed by atoms with Crippen molar-refractivity contribution in [3.05, 3.63) is 222 Å². The van der Waals surface area contributed by atoms with Crippen LogP contribution in [0.3, 0.4) is 0 Å². The van der Waals surface area contributed by atoms with E-state index in [-0.39, 0.29) is 48.1 Å². The predicted molar refractivity (Wildman–Crippen MR) is 297 cm³/mol. The van der Waals surface area contributed by atoms with Gasteiger partial charge in [0.05, 0.1) is 0 Å². The minimum absolute atomic E-state index is 0. The van der Waals surface area contributed by atoms with Gasteiger partial charge in [-0.2, -0.15) is 6.07 Å². The molecule has 0 spiro atoms. The Morgan fingerprint density at radius 2 is 1.03 bits per heavy atom. The van der Waals surface area contributed by atoms with Gasteiger partial charge in [-0.1, -0.05) is 187 Å². The Bertz CT molecular complexity index is 3420. The summed E-state index contributed by atoms with van der Waals surface area (Å²) in [5, 5.41) is 2.24. The average molecular weight is 1130 g/mol. The molecule has 0 unspecified atom stereocenters. The Labute approximate surface area is 443 Å². The van der Waals surface area contributed by atoms with E-state index in [1.165, 1.54) is 33.4 Å². The van der Waals surface area contributed by atoms with Crippen molar-refractivity contribution in [2.45, 2.75) is 117 Å². The van der Waals surface area contributed by atoms with Crippen LogP contribution in [-0.2, 0) is 48.1 Å². The average Bonchev–Trinajstić information content (AvgIpc) is 3.89. The van der Waals surface area contributed by atoms with Crippen molar-refractivity contribution in [1.29, 1.82) is 0 Å². The first-order chi connectivity index (χ1) is 33.6. The second-order valence-electron chi connectivity index (χ2n) is 23.6. The minimum Gasteiger partial charge on any atom is -0.509 e. The van der Waals surface area contributed by atoms with Gasteiger partial charge in [-0.25, -0.2) is 4.98 Å². The van der Waals surface area contributed by atoms with E-state index in [0.717, 1.165) is 55.9 Å². The normalized spacial score (nSPS) is 13.4. The molecule has 72 heavy (non-hydrogen) atoms. The van der Waals surface area contributed by atoms with Gasteiger partial charge in [0.1, 0.15) is 5.82 Å². The molecule has 370 valence electrons. The Kier molecular flexibility index (Phi) is 13.0. The van der Waals surface area contributed by atoms with Gasteiger partial charge in [-0.05, 0) is 103 Å². The molecule has 6 heteroatoms. The number of hydrogen-bond donors (Lipinski definition) is 0. The molecule has 0 fully saturated rings. The molecule has 9 aromatic rings. The van der Waals surface area contributed by atoms with Crippen molar-refractivity contribution in [2.24, 2.45) is 0 Å². The molecule has 1 aliphatic rings. The maximum atomic E-state index is 7.07. The molecule has 0 saturated heterocycles. The largest absolute Gasteiger partial charge is 0.509 e. The van der Waals surface area contributed by atoms with Crippen LogP contribution < -0.4 is 14.5 Å². The Hall–Kier alpha value is -6.42. The van der Waals surface area contributed by atoms with E-state index in [0.29, 0.717) is 11.5 Å². The van der Waals surface area contributed by atoms with Crippen LogP contribution in [0.15, 0.2) is 164 Å². The third-order valence-electron chi connectivity index (χ3n) is 14.8. The Balaban J connectivity index is 0.00000640. The van der Waals surface area contributed by atoms with Crippen LogP contribution in [0.2, 0.25) is 0 Å². The van der Waals surface area contributed by atoms with E-state index in [2.05, 4.69) is 281 Å².